The molecule has 4 heteroatoms. The summed E-state index contributed by atoms with van der Waals surface area (Å²) in [6.07, 6.45) is 2.23. The molecule has 1 heterocycles. The van der Waals surface area contributed by atoms with Gasteiger partial charge in [-0.25, -0.2) is 0 Å². The van der Waals surface area contributed by atoms with Crippen molar-refractivity contribution in [3.05, 3.63) is 29.8 Å². The van der Waals surface area contributed by atoms with E-state index in [4.69, 9.17) is 9.84 Å². The normalized spacial score (nSPS) is 21.2. The maximum Gasteiger partial charge on any atom is 0.304 e. The van der Waals surface area contributed by atoms with Gasteiger partial charge in [0.2, 0.25) is 0 Å². The Hall–Kier alpha value is -1.55. The highest BCUT2D eigenvalue weighted by Gasteiger charge is 2.46. The van der Waals surface area contributed by atoms with Gasteiger partial charge in [0.1, 0.15) is 0 Å². The van der Waals surface area contributed by atoms with Gasteiger partial charge in [-0.2, -0.15) is 0 Å². The molecule has 0 radical (unpaired) electrons. The second-order valence-corrected chi connectivity index (χ2v) is 5.50. The predicted octanol–water partition coefficient (Wildman–Crippen LogP) is 2.03. The Morgan fingerprint density at radius 2 is 2.05 bits per heavy atom. The molecule has 0 atom stereocenters. The number of hydrogen-bond donors (Lipinski definition) is 1. The van der Waals surface area contributed by atoms with Gasteiger partial charge in [0, 0.05) is 24.2 Å². The standard InChI is InChI=1S/C15H19NO3/c17-14(18)11-15(4-5-15)12-2-1-3-13(10-12)16-6-8-19-9-7-16/h1-3,10H,4-9,11H2,(H,17,18). The summed E-state index contributed by atoms with van der Waals surface area (Å²) in [5.74, 6) is -0.700. The lowest BCUT2D eigenvalue weighted by atomic mass is 9.92. The number of anilines is 1. The fraction of sp³-hybridized carbons (Fsp3) is 0.533. The van der Waals surface area contributed by atoms with E-state index in [0.717, 1.165) is 39.1 Å². The Morgan fingerprint density at radius 1 is 1.32 bits per heavy atom. The Labute approximate surface area is 113 Å². The zero-order valence-electron chi connectivity index (χ0n) is 11.0. The van der Waals surface area contributed by atoms with Crippen LogP contribution in [0.25, 0.3) is 0 Å². The van der Waals surface area contributed by atoms with Gasteiger partial charge in [-0.3, -0.25) is 4.79 Å². The molecule has 1 aliphatic heterocycles. The van der Waals surface area contributed by atoms with E-state index >= 15 is 0 Å². The van der Waals surface area contributed by atoms with Crippen molar-refractivity contribution in [2.24, 2.45) is 0 Å². The van der Waals surface area contributed by atoms with E-state index in [1.165, 1.54) is 11.3 Å². The van der Waals surface area contributed by atoms with Gasteiger partial charge in [0.25, 0.3) is 0 Å². The monoisotopic (exact) mass is 261 g/mol. The van der Waals surface area contributed by atoms with Crippen molar-refractivity contribution in [1.82, 2.24) is 0 Å². The number of carboxylic acids is 1. The third-order valence-electron chi connectivity index (χ3n) is 4.18. The van der Waals surface area contributed by atoms with Gasteiger partial charge in [-0.15, -0.1) is 0 Å². The van der Waals surface area contributed by atoms with Gasteiger partial charge in [0.15, 0.2) is 0 Å². The summed E-state index contributed by atoms with van der Waals surface area (Å²) in [7, 11) is 0. The van der Waals surface area contributed by atoms with Crippen LogP contribution in [0.5, 0.6) is 0 Å². The second-order valence-electron chi connectivity index (χ2n) is 5.50. The molecule has 3 rings (SSSR count). The molecule has 1 aliphatic carbocycles. The first-order valence-electron chi connectivity index (χ1n) is 6.85. The number of rotatable bonds is 4. The third-order valence-corrected chi connectivity index (χ3v) is 4.18. The predicted molar refractivity (Wildman–Crippen MR) is 72.6 cm³/mol. The zero-order chi connectivity index (χ0) is 13.3. The largest absolute Gasteiger partial charge is 0.481 e. The molecule has 1 saturated heterocycles. The van der Waals surface area contributed by atoms with E-state index in [0.29, 0.717) is 0 Å². The summed E-state index contributed by atoms with van der Waals surface area (Å²) in [6, 6.07) is 8.38. The number of morpholine rings is 1. The molecule has 1 N–H and O–H groups in total. The molecule has 0 unspecified atom stereocenters. The molecule has 2 aliphatic rings. The molecule has 2 fully saturated rings. The van der Waals surface area contributed by atoms with Crippen LogP contribution in [0, 0.1) is 0 Å². The summed E-state index contributed by atoms with van der Waals surface area (Å²) in [6.45, 7) is 3.36. The topological polar surface area (TPSA) is 49.8 Å². The smallest absolute Gasteiger partial charge is 0.304 e. The van der Waals surface area contributed by atoms with E-state index in [2.05, 4.69) is 23.1 Å². The lowest BCUT2D eigenvalue weighted by Crippen LogP contribution is -2.36. The van der Waals surface area contributed by atoms with Gasteiger partial charge in [-0.1, -0.05) is 12.1 Å². The molecule has 1 saturated carbocycles. The van der Waals surface area contributed by atoms with Crippen LogP contribution in [0.2, 0.25) is 0 Å². The number of aliphatic carboxylic acids is 1. The van der Waals surface area contributed by atoms with Crippen molar-refractivity contribution in [3.63, 3.8) is 0 Å². The maximum atomic E-state index is 11.0. The Bertz CT molecular complexity index is 476. The van der Waals surface area contributed by atoms with Gasteiger partial charge in [0.05, 0.1) is 19.6 Å². The minimum absolute atomic E-state index is 0.103. The van der Waals surface area contributed by atoms with Crippen LogP contribution in [0.4, 0.5) is 5.69 Å². The number of hydrogen-bond acceptors (Lipinski definition) is 3. The Kier molecular flexibility index (Phi) is 3.19. The van der Waals surface area contributed by atoms with E-state index in [-0.39, 0.29) is 11.8 Å². The Morgan fingerprint density at radius 3 is 2.68 bits per heavy atom. The van der Waals surface area contributed by atoms with Crippen LogP contribution in [-0.4, -0.2) is 37.4 Å². The van der Waals surface area contributed by atoms with Crippen molar-refractivity contribution in [2.45, 2.75) is 24.7 Å². The van der Waals surface area contributed by atoms with Crippen molar-refractivity contribution in [1.29, 1.82) is 0 Å². The summed E-state index contributed by atoms with van der Waals surface area (Å²) in [5, 5.41) is 9.04. The van der Waals surface area contributed by atoms with Crippen LogP contribution < -0.4 is 4.90 Å². The molecule has 0 amide bonds. The number of benzene rings is 1. The minimum Gasteiger partial charge on any atom is -0.481 e. The van der Waals surface area contributed by atoms with Gasteiger partial charge >= 0.3 is 5.97 Å². The van der Waals surface area contributed by atoms with Crippen molar-refractivity contribution >= 4 is 11.7 Å². The fourth-order valence-corrected chi connectivity index (χ4v) is 2.86. The van der Waals surface area contributed by atoms with Crippen LogP contribution in [0.3, 0.4) is 0 Å². The SMILES string of the molecule is O=C(O)CC1(c2cccc(N3CCOCC3)c2)CC1. The second kappa shape index (κ2) is 4.85. The molecular formula is C15H19NO3. The van der Waals surface area contributed by atoms with Gasteiger partial charge < -0.3 is 14.7 Å². The average Bonchev–Trinajstić information content (AvgIpc) is 3.20. The van der Waals surface area contributed by atoms with Crippen molar-refractivity contribution < 1.29 is 14.6 Å². The number of carbonyl (C=O) groups is 1. The third kappa shape index (κ3) is 2.59. The highest BCUT2D eigenvalue weighted by molar-refractivity contribution is 5.70. The maximum absolute atomic E-state index is 11.0. The van der Waals surface area contributed by atoms with E-state index in [1.54, 1.807) is 0 Å². The summed E-state index contributed by atoms with van der Waals surface area (Å²) in [4.78, 5) is 13.3. The fourth-order valence-electron chi connectivity index (χ4n) is 2.86. The summed E-state index contributed by atoms with van der Waals surface area (Å²) in [5.41, 5.74) is 2.27. The van der Waals surface area contributed by atoms with E-state index in [9.17, 15) is 4.79 Å². The lowest BCUT2D eigenvalue weighted by molar-refractivity contribution is -0.137. The first-order valence-corrected chi connectivity index (χ1v) is 6.85. The molecule has 4 nitrogen and oxygen atoms in total. The highest BCUT2D eigenvalue weighted by Crippen LogP contribution is 2.51. The minimum atomic E-state index is -0.700. The van der Waals surface area contributed by atoms with Crippen molar-refractivity contribution in [3.8, 4) is 0 Å². The van der Waals surface area contributed by atoms with Crippen molar-refractivity contribution in [2.75, 3.05) is 31.2 Å². The van der Waals surface area contributed by atoms with E-state index < -0.39 is 5.97 Å². The molecule has 0 aromatic heterocycles. The highest BCUT2D eigenvalue weighted by atomic mass is 16.5. The molecule has 1 aromatic rings. The molecule has 0 bridgehead atoms. The summed E-state index contributed by atoms with van der Waals surface area (Å²) < 4.78 is 5.36. The molecule has 102 valence electrons. The number of carboxylic acid groups (broad SMARTS) is 1. The van der Waals surface area contributed by atoms with Crippen LogP contribution in [0.1, 0.15) is 24.8 Å². The van der Waals surface area contributed by atoms with E-state index in [1.807, 2.05) is 6.07 Å². The lowest BCUT2D eigenvalue weighted by Gasteiger charge is -2.29. The first-order chi connectivity index (χ1) is 9.20. The average molecular weight is 261 g/mol. The zero-order valence-corrected chi connectivity index (χ0v) is 11.0. The Balaban J connectivity index is 1.81. The van der Waals surface area contributed by atoms with Crippen LogP contribution in [0.15, 0.2) is 24.3 Å². The first kappa shape index (κ1) is 12.5. The van der Waals surface area contributed by atoms with Crippen LogP contribution in [-0.2, 0) is 14.9 Å². The van der Waals surface area contributed by atoms with Crippen LogP contribution >= 0.6 is 0 Å². The van der Waals surface area contributed by atoms with Gasteiger partial charge in [-0.05, 0) is 30.5 Å². The number of ether oxygens (including phenoxy) is 1. The summed E-state index contributed by atoms with van der Waals surface area (Å²) >= 11 is 0. The molecule has 19 heavy (non-hydrogen) atoms. The molecule has 1 aromatic carbocycles. The molecule has 0 spiro atoms. The molecular weight excluding hydrogens is 242 g/mol. The number of nitrogens with zero attached hydrogens (tertiary/aromatic N) is 1. The quantitative estimate of drug-likeness (QED) is 0.901.